The van der Waals surface area contributed by atoms with E-state index in [4.69, 9.17) is 10.5 Å². The van der Waals surface area contributed by atoms with Gasteiger partial charge in [-0.1, -0.05) is 127 Å². The molecule has 2 N–H and O–H groups in total. The summed E-state index contributed by atoms with van der Waals surface area (Å²) in [6.07, 6.45) is 9.71. The number of fused-ring (bicyclic) bond motifs is 4. The van der Waals surface area contributed by atoms with Crippen LogP contribution in [0.3, 0.4) is 0 Å². The van der Waals surface area contributed by atoms with Crippen LogP contribution in [0.1, 0.15) is 5.56 Å². The second-order valence-electron chi connectivity index (χ2n) is 12.3. The van der Waals surface area contributed by atoms with Gasteiger partial charge in [0.2, 0.25) is 0 Å². The molecule has 1 aliphatic rings. The largest absolute Gasteiger partial charge is 0.299 e. The molecule has 7 aromatic carbocycles. The van der Waals surface area contributed by atoms with Gasteiger partial charge in [0.1, 0.15) is 5.71 Å². The summed E-state index contributed by atoms with van der Waals surface area (Å²) in [5.74, 6) is 0. The second-order valence-corrected chi connectivity index (χ2v) is 12.3. The van der Waals surface area contributed by atoms with Crippen LogP contribution in [-0.4, -0.2) is 16.4 Å². The molecule has 0 saturated carbocycles. The Morgan fingerprint density at radius 1 is 0.510 bits per heavy atom. The molecule has 4 nitrogen and oxygen atoms in total. The minimum Gasteiger partial charge on any atom is -0.299 e. The number of pyridine rings is 1. The maximum absolute atomic E-state index is 8.72. The summed E-state index contributed by atoms with van der Waals surface area (Å²) >= 11 is 0. The minimum atomic E-state index is 0.357. The third-order valence-electron chi connectivity index (χ3n) is 9.43. The molecular weight excluding hydrogens is 597 g/mol. The Hall–Kier alpha value is -6.65. The first-order chi connectivity index (χ1) is 24.2. The molecule has 1 aromatic heterocycles. The van der Waals surface area contributed by atoms with Crippen molar-refractivity contribution in [2.24, 2.45) is 5.10 Å². The predicted molar refractivity (Wildman–Crippen MR) is 207 cm³/mol. The zero-order chi connectivity index (χ0) is 32.7. The Kier molecular flexibility index (Phi) is 6.91. The maximum atomic E-state index is 8.72. The molecule has 0 saturated heterocycles. The Morgan fingerprint density at radius 2 is 1.10 bits per heavy atom. The van der Waals surface area contributed by atoms with Gasteiger partial charge in [-0.05, 0) is 95.9 Å². The van der Waals surface area contributed by atoms with Gasteiger partial charge < -0.3 is 0 Å². The molecular formula is C45H30N4. The van der Waals surface area contributed by atoms with Gasteiger partial charge in [0.15, 0.2) is 0 Å². The van der Waals surface area contributed by atoms with E-state index in [1.54, 1.807) is 0 Å². The average Bonchev–Trinajstić information content (AvgIpc) is 3.16. The molecule has 0 atom stereocenters. The van der Waals surface area contributed by atoms with Crippen LogP contribution in [-0.2, 0) is 0 Å². The van der Waals surface area contributed by atoms with Crippen molar-refractivity contribution in [1.29, 1.82) is 5.41 Å². The number of benzene rings is 7. The highest BCUT2D eigenvalue weighted by Gasteiger charge is 2.19. The first-order valence-electron chi connectivity index (χ1n) is 16.4. The lowest BCUT2D eigenvalue weighted by Gasteiger charge is -2.20. The van der Waals surface area contributed by atoms with Crippen LogP contribution in [0, 0.1) is 5.41 Å². The van der Waals surface area contributed by atoms with Gasteiger partial charge in [-0.25, -0.2) is 0 Å². The lowest BCUT2D eigenvalue weighted by atomic mass is 9.84. The van der Waals surface area contributed by atoms with Gasteiger partial charge in [0.25, 0.3) is 0 Å². The summed E-state index contributed by atoms with van der Waals surface area (Å²) < 4.78 is 0. The fraction of sp³-hybridized carbons (Fsp3) is 0. The van der Waals surface area contributed by atoms with Gasteiger partial charge in [0, 0.05) is 23.3 Å². The van der Waals surface area contributed by atoms with Crippen molar-refractivity contribution in [3.05, 3.63) is 176 Å². The number of aromatic nitrogens is 1. The number of hydrogen-bond donors (Lipinski definition) is 2. The van der Waals surface area contributed by atoms with Gasteiger partial charge in [-0.15, -0.1) is 0 Å². The minimum absolute atomic E-state index is 0.357. The van der Waals surface area contributed by atoms with E-state index in [1.165, 1.54) is 48.8 Å². The van der Waals surface area contributed by atoms with Crippen molar-refractivity contribution in [2.45, 2.75) is 0 Å². The molecule has 0 bridgehead atoms. The van der Waals surface area contributed by atoms with E-state index in [9.17, 15) is 0 Å². The topological polar surface area (TPSA) is 61.1 Å². The molecule has 1 aliphatic carbocycles. The van der Waals surface area contributed by atoms with E-state index in [1.807, 2.05) is 48.8 Å². The van der Waals surface area contributed by atoms with E-state index in [-0.39, 0.29) is 0 Å². The summed E-state index contributed by atoms with van der Waals surface area (Å²) in [6.45, 7) is 0. The quantitative estimate of drug-likeness (QED) is 0.113. The molecule has 9 rings (SSSR count). The fourth-order valence-electron chi connectivity index (χ4n) is 7.07. The first kappa shape index (κ1) is 28.6. The maximum Gasteiger partial charge on any atom is 0.109 e. The Bertz CT molecular complexity index is 2640. The molecule has 0 spiro atoms. The van der Waals surface area contributed by atoms with Gasteiger partial charge in [-0.3, -0.25) is 15.8 Å². The normalized spacial score (nSPS) is 13.8. The summed E-state index contributed by atoms with van der Waals surface area (Å²) in [5.41, 5.74) is 11.7. The highest BCUT2D eigenvalue weighted by Crippen LogP contribution is 2.43. The molecule has 0 fully saturated rings. The number of rotatable bonds is 5. The van der Waals surface area contributed by atoms with Crippen molar-refractivity contribution >= 4 is 65.8 Å². The van der Waals surface area contributed by atoms with Crippen molar-refractivity contribution in [3.8, 4) is 22.3 Å². The number of hydrazone groups is 1. The van der Waals surface area contributed by atoms with E-state index in [0.29, 0.717) is 11.4 Å². The second kappa shape index (κ2) is 11.9. The van der Waals surface area contributed by atoms with Crippen LogP contribution < -0.4 is 5.43 Å². The molecule has 0 amide bonds. The van der Waals surface area contributed by atoms with Crippen molar-refractivity contribution in [3.63, 3.8) is 0 Å². The summed E-state index contributed by atoms with van der Waals surface area (Å²) in [6, 6.07) is 49.0. The molecule has 0 unspecified atom stereocenters. The average molecular weight is 627 g/mol. The van der Waals surface area contributed by atoms with Crippen LogP contribution in [0.2, 0.25) is 0 Å². The van der Waals surface area contributed by atoms with E-state index >= 15 is 0 Å². The van der Waals surface area contributed by atoms with Gasteiger partial charge in [-0.2, -0.15) is 5.10 Å². The number of anilines is 1. The molecule has 8 aromatic rings. The van der Waals surface area contributed by atoms with Crippen LogP contribution >= 0.6 is 0 Å². The van der Waals surface area contributed by atoms with Crippen molar-refractivity contribution in [2.75, 3.05) is 5.43 Å². The van der Waals surface area contributed by atoms with Gasteiger partial charge >= 0.3 is 0 Å². The smallest absolute Gasteiger partial charge is 0.109 e. The summed E-state index contributed by atoms with van der Waals surface area (Å²) in [7, 11) is 0. The number of nitrogens with zero attached hydrogens (tertiary/aromatic N) is 2. The molecule has 230 valence electrons. The number of nitrogens with one attached hydrogen (secondary N) is 2. The summed E-state index contributed by atoms with van der Waals surface area (Å²) in [5, 5.41) is 22.9. The molecule has 1 heterocycles. The SMILES string of the molecule is N=C1C=CC(c2c3ccccc3c(-c3ccc4ccccc4c3)c3ccccc23)=C/C1=N/Nc1ccc(-c2cncc3ccccc23)cc1. The van der Waals surface area contributed by atoms with Crippen molar-refractivity contribution in [1.82, 2.24) is 4.98 Å². The first-order valence-corrected chi connectivity index (χ1v) is 16.4. The van der Waals surface area contributed by atoms with Gasteiger partial charge in [0.05, 0.1) is 11.4 Å². The Balaban J connectivity index is 1.11. The zero-order valence-electron chi connectivity index (χ0n) is 26.6. The fourth-order valence-corrected chi connectivity index (χ4v) is 7.07. The third kappa shape index (κ3) is 5.07. The van der Waals surface area contributed by atoms with Crippen LogP contribution in [0.15, 0.2) is 175 Å². The van der Waals surface area contributed by atoms with Crippen molar-refractivity contribution < 1.29 is 0 Å². The van der Waals surface area contributed by atoms with Crippen LogP contribution in [0.5, 0.6) is 0 Å². The van der Waals surface area contributed by atoms with E-state index in [2.05, 4.69) is 132 Å². The lowest BCUT2D eigenvalue weighted by Crippen LogP contribution is -2.14. The number of hydrogen-bond acceptors (Lipinski definition) is 4. The summed E-state index contributed by atoms with van der Waals surface area (Å²) in [4.78, 5) is 4.44. The predicted octanol–water partition coefficient (Wildman–Crippen LogP) is 11.5. The van der Waals surface area contributed by atoms with E-state index < -0.39 is 0 Å². The van der Waals surface area contributed by atoms with Crippen LogP contribution in [0.25, 0.3) is 70.9 Å². The molecule has 0 radical (unpaired) electrons. The zero-order valence-corrected chi connectivity index (χ0v) is 26.6. The molecule has 4 heteroatoms. The van der Waals surface area contributed by atoms with E-state index in [0.717, 1.165) is 33.3 Å². The highest BCUT2D eigenvalue weighted by molar-refractivity contribution is 6.52. The number of allylic oxidation sites excluding steroid dienone is 4. The third-order valence-corrected chi connectivity index (χ3v) is 9.43. The highest BCUT2D eigenvalue weighted by atomic mass is 15.3. The molecule has 0 aliphatic heterocycles. The standard InChI is InChI=1S/C45H30N4/c46-42-24-21-33(26-43(42)49-48-35-22-19-30(20-23-35)41-28-47-27-34-11-3-4-12-36(34)41)45-39-15-7-5-13-37(39)44(38-14-6-8-16-40(38)45)32-18-17-29-9-1-2-10-31(29)25-32/h1-28,46,48H/b46-42?,49-43-. The lowest BCUT2D eigenvalue weighted by molar-refractivity contribution is 1.34. The monoisotopic (exact) mass is 626 g/mol. The van der Waals surface area contributed by atoms with Crippen LogP contribution in [0.4, 0.5) is 5.69 Å². The Labute approximate surface area is 283 Å². The molecule has 49 heavy (non-hydrogen) atoms. The Morgan fingerprint density at radius 3 is 1.82 bits per heavy atom.